The van der Waals surface area contributed by atoms with Gasteiger partial charge in [0.2, 0.25) is 0 Å². The fourth-order valence-electron chi connectivity index (χ4n) is 8.55. The number of benzene rings is 5. The Balaban J connectivity index is 1.54. The van der Waals surface area contributed by atoms with E-state index in [9.17, 15) is 0 Å². The van der Waals surface area contributed by atoms with Gasteiger partial charge in [-0.05, 0) is 163 Å². The standard InChI is InChI=1S/C45H51N/c1-9-44(10-2)30-45(11-3,12-4)43-29-37(23-26-42(43)44)46(35-21-24-40(33(7)27-35)38-19-15-13-17-31(38)5)36-22-25-41(34(8)28-36)39-20-16-14-18-32(39)6/h13-29H,9-12,30H2,1-8H3. The fourth-order valence-corrected chi connectivity index (χ4v) is 8.55. The third kappa shape index (κ3) is 5.28. The lowest BCUT2D eigenvalue weighted by atomic mass is 9.71. The predicted octanol–water partition coefficient (Wildman–Crippen LogP) is 13.2. The van der Waals surface area contributed by atoms with Crippen molar-refractivity contribution >= 4 is 17.1 Å². The highest BCUT2D eigenvalue weighted by Gasteiger charge is 2.48. The molecule has 0 bridgehead atoms. The second-order valence-corrected chi connectivity index (χ2v) is 13.8. The van der Waals surface area contributed by atoms with Crippen molar-refractivity contribution in [1.29, 1.82) is 0 Å². The van der Waals surface area contributed by atoms with Gasteiger partial charge in [0.1, 0.15) is 0 Å². The van der Waals surface area contributed by atoms with Crippen LogP contribution in [0.1, 0.15) is 93.2 Å². The van der Waals surface area contributed by atoms with E-state index in [0.717, 1.165) is 0 Å². The largest absolute Gasteiger partial charge is 0.310 e. The maximum absolute atomic E-state index is 2.56. The van der Waals surface area contributed by atoms with Crippen molar-refractivity contribution in [3.63, 3.8) is 0 Å². The molecule has 0 aromatic heterocycles. The summed E-state index contributed by atoms with van der Waals surface area (Å²) in [5.74, 6) is 0. The summed E-state index contributed by atoms with van der Waals surface area (Å²) < 4.78 is 0. The fraction of sp³-hybridized carbons (Fsp3) is 0.333. The molecule has 0 atom stereocenters. The van der Waals surface area contributed by atoms with Crippen LogP contribution in [0.5, 0.6) is 0 Å². The molecular formula is C45H51N. The zero-order valence-electron chi connectivity index (χ0n) is 29.3. The van der Waals surface area contributed by atoms with Crippen LogP contribution in [-0.4, -0.2) is 0 Å². The van der Waals surface area contributed by atoms with E-state index in [4.69, 9.17) is 0 Å². The average Bonchev–Trinajstić information content (AvgIpc) is 3.36. The number of nitrogens with zero attached hydrogens (tertiary/aromatic N) is 1. The molecule has 0 aliphatic heterocycles. The maximum atomic E-state index is 2.56. The van der Waals surface area contributed by atoms with Crippen molar-refractivity contribution in [2.45, 2.75) is 98.3 Å². The predicted molar refractivity (Wildman–Crippen MR) is 200 cm³/mol. The topological polar surface area (TPSA) is 3.24 Å². The molecule has 0 N–H and O–H groups in total. The van der Waals surface area contributed by atoms with Gasteiger partial charge in [0, 0.05) is 17.1 Å². The van der Waals surface area contributed by atoms with Gasteiger partial charge >= 0.3 is 0 Å². The van der Waals surface area contributed by atoms with E-state index in [1.807, 2.05) is 0 Å². The first-order valence-electron chi connectivity index (χ1n) is 17.5. The smallest absolute Gasteiger partial charge is 0.0464 e. The van der Waals surface area contributed by atoms with E-state index in [0.29, 0.717) is 0 Å². The molecule has 0 radical (unpaired) electrons. The second kappa shape index (κ2) is 12.6. The van der Waals surface area contributed by atoms with Crippen LogP contribution in [0.2, 0.25) is 0 Å². The number of hydrogen-bond donors (Lipinski definition) is 0. The summed E-state index contributed by atoms with van der Waals surface area (Å²) in [6, 6.07) is 38.9. The molecular weight excluding hydrogens is 555 g/mol. The Labute approximate surface area is 278 Å². The highest BCUT2D eigenvalue weighted by molar-refractivity contribution is 5.83. The minimum absolute atomic E-state index is 0.220. The van der Waals surface area contributed by atoms with Gasteiger partial charge in [-0.15, -0.1) is 0 Å². The zero-order chi connectivity index (χ0) is 32.6. The van der Waals surface area contributed by atoms with Gasteiger partial charge in [0.25, 0.3) is 0 Å². The number of anilines is 3. The molecule has 0 saturated carbocycles. The van der Waals surface area contributed by atoms with E-state index in [2.05, 4.69) is 163 Å². The molecule has 0 fully saturated rings. The molecule has 1 aliphatic rings. The molecule has 1 nitrogen and oxygen atoms in total. The van der Waals surface area contributed by atoms with Gasteiger partial charge in [-0.2, -0.15) is 0 Å². The van der Waals surface area contributed by atoms with Crippen molar-refractivity contribution in [2.24, 2.45) is 0 Å². The number of rotatable bonds is 9. The quantitative estimate of drug-likeness (QED) is 0.162. The minimum Gasteiger partial charge on any atom is -0.310 e. The maximum Gasteiger partial charge on any atom is 0.0464 e. The van der Waals surface area contributed by atoms with Gasteiger partial charge in [-0.3, -0.25) is 0 Å². The molecule has 236 valence electrons. The Morgan fingerprint density at radius 2 is 0.826 bits per heavy atom. The molecule has 0 heterocycles. The summed E-state index contributed by atoms with van der Waals surface area (Å²) in [6.07, 6.45) is 6.00. The Morgan fingerprint density at radius 1 is 0.435 bits per heavy atom. The molecule has 6 rings (SSSR count). The third-order valence-corrected chi connectivity index (χ3v) is 11.6. The van der Waals surface area contributed by atoms with Gasteiger partial charge in [0.05, 0.1) is 0 Å². The van der Waals surface area contributed by atoms with Crippen LogP contribution < -0.4 is 4.90 Å². The average molecular weight is 606 g/mol. The lowest BCUT2D eigenvalue weighted by Gasteiger charge is -2.33. The first kappa shape index (κ1) is 31.9. The van der Waals surface area contributed by atoms with Crippen LogP contribution >= 0.6 is 0 Å². The van der Waals surface area contributed by atoms with Crippen LogP contribution in [0.15, 0.2) is 103 Å². The normalized spacial score (nSPS) is 14.7. The monoisotopic (exact) mass is 605 g/mol. The van der Waals surface area contributed by atoms with Gasteiger partial charge < -0.3 is 4.90 Å². The Kier molecular flexibility index (Phi) is 8.73. The first-order valence-corrected chi connectivity index (χ1v) is 17.5. The Morgan fingerprint density at radius 3 is 1.26 bits per heavy atom. The van der Waals surface area contributed by atoms with Crippen molar-refractivity contribution in [1.82, 2.24) is 0 Å². The Bertz CT molecular complexity index is 1770. The lowest BCUT2D eigenvalue weighted by Crippen LogP contribution is -2.27. The Hall–Kier alpha value is -4.10. The van der Waals surface area contributed by atoms with E-state index in [1.165, 1.54) is 93.7 Å². The van der Waals surface area contributed by atoms with E-state index in [-0.39, 0.29) is 10.8 Å². The van der Waals surface area contributed by atoms with Crippen LogP contribution in [-0.2, 0) is 10.8 Å². The van der Waals surface area contributed by atoms with Crippen LogP contribution in [0.4, 0.5) is 17.1 Å². The summed E-state index contributed by atoms with van der Waals surface area (Å²) in [5, 5.41) is 0. The number of fused-ring (bicyclic) bond motifs is 1. The van der Waals surface area contributed by atoms with E-state index >= 15 is 0 Å². The van der Waals surface area contributed by atoms with Gasteiger partial charge in [0.15, 0.2) is 0 Å². The van der Waals surface area contributed by atoms with Crippen molar-refractivity contribution in [3.05, 3.63) is 137 Å². The lowest BCUT2D eigenvalue weighted by molar-refractivity contribution is 0.284. The number of aryl methyl sites for hydroxylation is 4. The number of hydrogen-bond acceptors (Lipinski definition) is 1. The molecule has 0 spiro atoms. The summed E-state index contributed by atoms with van der Waals surface area (Å²) in [5.41, 5.74) is 17.7. The van der Waals surface area contributed by atoms with Gasteiger partial charge in [-0.25, -0.2) is 0 Å². The molecule has 1 heteroatoms. The summed E-state index contributed by atoms with van der Waals surface area (Å²) >= 11 is 0. The molecule has 5 aromatic carbocycles. The zero-order valence-corrected chi connectivity index (χ0v) is 29.3. The molecule has 0 amide bonds. The highest BCUT2D eigenvalue weighted by Crippen LogP contribution is 2.57. The highest BCUT2D eigenvalue weighted by atomic mass is 15.1. The minimum atomic E-state index is 0.220. The molecule has 1 aliphatic carbocycles. The van der Waals surface area contributed by atoms with Crippen LogP contribution in [0, 0.1) is 27.7 Å². The van der Waals surface area contributed by atoms with Gasteiger partial charge in [-0.1, -0.05) is 94.4 Å². The molecule has 5 aromatic rings. The summed E-state index contributed by atoms with van der Waals surface area (Å²) in [4.78, 5) is 2.50. The second-order valence-electron chi connectivity index (χ2n) is 13.8. The summed E-state index contributed by atoms with van der Waals surface area (Å²) in [6.45, 7) is 18.5. The van der Waals surface area contributed by atoms with Crippen molar-refractivity contribution < 1.29 is 0 Å². The SMILES string of the molecule is CCC1(CC)CC(CC)(CC)c2cc(N(c3ccc(-c4ccccc4C)c(C)c3)c3ccc(-c4ccccc4C)c(C)c3)ccc21. The summed E-state index contributed by atoms with van der Waals surface area (Å²) in [7, 11) is 0. The molecule has 0 saturated heterocycles. The molecule has 46 heavy (non-hydrogen) atoms. The van der Waals surface area contributed by atoms with Crippen LogP contribution in [0.3, 0.4) is 0 Å². The van der Waals surface area contributed by atoms with E-state index in [1.54, 1.807) is 11.1 Å². The van der Waals surface area contributed by atoms with E-state index < -0.39 is 0 Å². The van der Waals surface area contributed by atoms with Crippen LogP contribution in [0.25, 0.3) is 22.3 Å². The van der Waals surface area contributed by atoms with Crippen molar-refractivity contribution in [3.8, 4) is 22.3 Å². The first-order chi connectivity index (χ1) is 22.2. The van der Waals surface area contributed by atoms with Crippen molar-refractivity contribution in [2.75, 3.05) is 4.90 Å². The third-order valence-electron chi connectivity index (χ3n) is 11.6. The molecule has 0 unspecified atom stereocenters.